The summed E-state index contributed by atoms with van der Waals surface area (Å²) in [5, 5.41) is 14.7. The van der Waals surface area contributed by atoms with Gasteiger partial charge in [-0.05, 0) is 31.5 Å². The Morgan fingerprint density at radius 1 is 1.38 bits per heavy atom. The normalized spacial score (nSPS) is 13.0. The smallest absolute Gasteiger partial charge is 0.401 e. The number of nitrogens with one attached hydrogen (secondary N) is 2. The number of hydrogen-bond donors (Lipinski definition) is 3. The van der Waals surface area contributed by atoms with Gasteiger partial charge in [0.05, 0.1) is 6.54 Å². The lowest BCUT2D eigenvalue weighted by Crippen LogP contribution is -2.30. The number of amides is 1. The molecule has 0 saturated heterocycles. The molecule has 0 aliphatic rings. The predicted molar refractivity (Wildman–Crippen MR) is 74.1 cm³/mol. The van der Waals surface area contributed by atoms with Crippen LogP contribution in [0.3, 0.4) is 0 Å². The topological polar surface area (TPSA) is 61.4 Å². The molecule has 1 rings (SSSR count). The van der Waals surface area contributed by atoms with Crippen LogP contribution in [0.15, 0.2) is 18.2 Å². The van der Waals surface area contributed by atoms with Crippen LogP contribution in [0.2, 0.25) is 0 Å². The number of rotatable bonds is 6. The van der Waals surface area contributed by atoms with E-state index in [0.717, 1.165) is 0 Å². The number of phenolic OH excluding ortho intramolecular Hbond substituents is 1. The Balaban J connectivity index is 2.79. The Morgan fingerprint density at radius 2 is 2.05 bits per heavy atom. The number of halogens is 3. The molecule has 0 aromatic heterocycles. The van der Waals surface area contributed by atoms with Gasteiger partial charge in [0.25, 0.3) is 0 Å². The van der Waals surface area contributed by atoms with Gasteiger partial charge in [-0.25, -0.2) is 0 Å². The Hall–Kier alpha value is -1.76. The predicted octanol–water partition coefficient (Wildman–Crippen LogP) is 3.34. The van der Waals surface area contributed by atoms with Crippen LogP contribution in [-0.4, -0.2) is 23.7 Å². The van der Waals surface area contributed by atoms with E-state index in [-0.39, 0.29) is 11.7 Å². The third kappa shape index (κ3) is 6.03. The molecule has 4 nitrogen and oxygen atoms in total. The first-order valence-corrected chi connectivity index (χ1v) is 6.66. The highest BCUT2D eigenvalue weighted by Gasteiger charge is 2.28. The van der Waals surface area contributed by atoms with Gasteiger partial charge in [0, 0.05) is 23.7 Å². The van der Waals surface area contributed by atoms with E-state index in [4.69, 9.17) is 0 Å². The van der Waals surface area contributed by atoms with E-state index in [1.165, 1.54) is 25.1 Å². The van der Waals surface area contributed by atoms with Gasteiger partial charge in [0.2, 0.25) is 5.91 Å². The van der Waals surface area contributed by atoms with E-state index >= 15 is 0 Å². The van der Waals surface area contributed by atoms with E-state index in [9.17, 15) is 23.1 Å². The van der Waals surface area contributed by atoms with Crippen molar-refractivity contribution >= 4 is 11.6 Å². The monoisotopic (exact) mass is 304 g/mol. The Bertz CT molecular complexity index is 490. The summed E-state index contributed by atoms with van der Waals surface area (Å²) < 4.78 is 36.6. The second kappa shape index (κ2) is 7.31. The zero-order valence-corrected chi connectivity index (χ0v) is 11.9. The average molecular weight is 304 g/mol. The molecule has 21 heavy (non-hydrogen) atoms. The number of anilines is 1. The van der Waals surface area contributed by atoms with Gasteiger partial charge >= 0.3 is 6.18 Å². The van der Waals surface area contributed by atoms with Crippen molar-refractivity contribution in [3.8, 4) is 5.75 Å². The number of benzene rings is 1. The molecule has 0 bridgehead atoms. The minimum Gasteiger partial charge on any atom is -0.508 e. The summed E-state index contributed by atoms with van der Waals surface area (Å²) in [5.41, 5.74) is 0.746. The van der Waals surface area contributed by atoms with Gasteiger partial charge in [0.15, 0.2) is 0 Å². The van der Waals surface area contributed by atoms with Crippen LogP contribution >= 0.6 is 0 Å². The first-order valence-electron chi connectivity index (χ1n) is 6.66. The lowest BCUT2D eigenvalue weighted by Gasteiger charge is -2.18. The summed E-state index contributed by atoms with van der Waals surface area (Å²) in [5.74, 6) is -0.296. The molecular formula is C14H19F3N2O2. The molecular weight excluding hydrogens is 285 g/mol. The second-order valence-electron chi connectivity index (χ2n) is 4.79. The number of alkyl halides is 3. The Kier molecular flexibility index (Phi) is 6.02. The van der Waals surface area contributed by atoms with E-state index in [0.29, 0.717) is 24.1 Å². The van der Waals surface area contributed by atoms with Crippen LogP contribution in [-0.2, 0) is 4.79 Å². The third-order valence-electron chi connectivity index (χ3n) is 2.86. The lowest BCUT2D eigenvalue weighted by molar-refractivity contribution is -0.126. The molecule has 1 amide bonds. The van der Waals surface area contributed by atoms with Gasteiger partial charge in [0.1, 0.15) is 5.75 Å². The molecule has 1 aromatic rings. The zero-order valence-electron chi connectivity index (χ0n) is 11.9. The molecule has 0 fully saturated rings. The quantitative estimate of drug-likeness (QED) is 0.706. The number of carbonyl (C=O) groups excluding carboxylic acids is 1. The first-order chi connectivity index (χ1) is 9.73. The van der Waals surface area contributed by atoms with Crippen LogP contribution in [0, 0.1) is 0 Å². The summed E-state index contributed by atoms with van der Waals surface area (Å²) in [6, 6.07) is 3.62. The minimum atomic E-state index is -4.32. The fourth-order valence-electron chi connectivity index (χ4n) is 1.81. The van der Waals surface area contributed by atoms with Crippen molar-refractivity contribution in [2.45, 2.75) is 38.9 Å². The van der Waals surface area contributed by atoms with Crippen molar-refractivity contribution in [3.63, 3.8) is 0 Å². The van der Waals surface area contributed by atoms with E-state index in [2.05, 4.69) is 10.6 Å². The van der Waals surface area contributed by atoms with E-state index in [1.807, 2.05) is 6.92 Å². The number of hydrogen-bond acceptors (Lipinski definition) is 3. The zero-order chi connectivity index (χ0) is 16.0. The molecule has 1 aromatic carbocycles. The summed E-state index contributed by atoms with van der Waals surface area (Å²) in [6.07, 6.45) is -3.27. The van der Waals surface area contributed by atoms with Crippen LogP contribution in [0.1, 0.15) is 38.3 Å². The summed E-state index contributed by atoms with van der Waals surface area (Å²) in [4.78, 5) is 11.5. The van der Waals surface area contributed by atoms with Gasteiger partial charge in [-0.2, -0.15) is 13.2 Å². The standard InChI is InChI=1S/C14H19F3N2O2/c1-3-4-13(21)19-10-5-6-12(20)11(7-10)9(2)18-8-14(15,16)17/h5-7,9,18,20H,3-4,8H2,1-2H3,(H,19,21). The maximum atomic E-state index is 12.2. The summed E-state index contributed by atoms with van der Waals surface area (Å²) >= 11 is 0. The molecule has 1 unspecified atom stereocenters. The molecule has 0 saturated carbocycles. The molecule has 0 radical (unpaired) electrons. The molecule has 0 aliphatic carbocycles. The van der Waals surface area contributed by atoms with Crippen molar-refractivity contribution in [3.05, 3.63) is 23.8 Å². The average Bonchev–Trinajstić information content (AvgIpc) is 2.37. The van der Waals surface area contributed by atoms with E-state index in [1.54, 1.807) is 0 Å². The summed E-state index contributed by atoms with van der Waals surface area (Å²) in [7, 11) is 0. The highest BCUT2D eigenvalue weighted by molar-refractivity contribution is 5.90. The van der Waals surface area contributed by atoms with Crippen molar-refractivity contribution in [2.24, 2.45) is 0 Å². The maximum Gasteiger partial charge on any atom is 0.401 e. The van der Waals surface area contributed by atoms with Crippen molar-refractivity contribution in [1.29, 1.82) is 0 Å². The lowest BCUT2D eigenvalue weighted by atomic mass is 10.1. The van der Waals surface area contributed by atoms with Crippen LogP contribution in [0.25, 0.3) is 0 Å². The largest absolute Gasteiger partial charge is 0.508 e. The maximum absolute atomic E-state index is 12.2. The number of phenols is 1. The third-order valence-corrected chi connectivity index (χ3v) is 2.86. The highest BCUT2D eigenvalue weighted by Crippen LogP contribution is 2.28. The molecule has 118 valence electrons. The molecule has 0 spiro atoms. The van der Waals surface area contributed by atoms with Crippen molar-refractivity contribution < 1.29 is 23.1 Å². The SMILES string of the molecule is CCCC(=O)Nc1ccc(O)c(C(C)NCC(F)(F)F)c1. The van der Waals surface area contributed by atoms with Crippen molar-refractivity contribution in [1.82, 2.24) is 5.32 Å². The van der Waals surface area contributed by atoms with Gasteiger partial charge in [-0.1, -0.05) is 6.92 Å². The Morgan fingerprint density at radius 3 is 2.62 bits per heavy atom. The minimum absolute atomic E-state index is 0.120. The van der Waals surface area contributed by atoms with Crippen LogP contribution in [0.5, 0.6) is 5.75 Å². The molecule has 1 atom stereocenters. The molecule has 0 aliphatic heterocycles. The van der Waals surface area contributed by atoms with Gasteiger partial charge < -0.3 is 15.7 Å². The van der Waals surface area contributed by atoms with E-state index < -0.39 is 18.8 Å². The first kappa shape index (κ1) is 17.3. The van der Waals surface area contributed by atoms with Crippen LogP contribution < -0.4 is 10.6 Å². The number of aromatic hydroxyl groups is 1. The number of carbonyl (C=O) groups is 1. The fourth-order valence-corrected chi connectivity index (χ4v) is 1.81. The van der Waals surface area contributed by atoms with Gasteiger partial charge in [-0.3, -0.25) is 4.79 Å². The second-order valence-corrected chi connectivity index (χ2v) is 4.79. The molecule has 0 heterocycles. The van der Waals surface area contributed by atoms with Crippen LogP contribution in [0.4, 0.5) is 18.9 Å². The highest BCUT2D eigenvalue weighted by atomic mass is 19.4. The van der Waals surface area contributed by atoms with Crippen molar-refractivity contribution in [2.75, 3.05) is 11.9 Å². The Labute approximate surface area is 121 Å². The summed E-state index contributed by atoms with van der Waals surface area (Å²) in [6.45, 7) is 2.23. The fraction of sp³-hybridized carbons (Fsp3) is 0.500. The van der Waals surface area contributed by atoms with Gasteiger partial charge in [-0.15, -0.1) is 0 Å². The molecule has 3 N–H and O–H groups in total. The molecule has 7 heteroatoms.